The largest absolute Gasteiger partial charge is 0.514 e. The Bertz CT molecular complexity index is 1430. The molecule has 0 spiro atoms. The van der Waals surface area contributed by atoms with E-state index in [0.29, 0.717) is 35.5 Å². The van der Waals surface area contributed by atoms with Gasteiger partial charge in [-0.25, -0.2) is 9.78 Å². The lowest BCUT2D eigenvalue weighted by Crippen LogP contribution is -2.29. The van der Waals surface area contributed by atoms with Crippen LogP contribution < -0.4 is 10.3 Å². The summed E-state index contributed by atoms with van der Waals surface area (Å²) in [4.78, 5) is 30.2. The Labute approximate surface area is 196 Å². The van der Waals surface area contributed by atoms with Gasteiger partial charge in [-0.3, -0.25) is 4.79 Å². The number of nitrogens with zero attached hydrogens (tertiary/aromatic N) is 2. The molecule has 0 radical (unpaired) electrons. The first kappa shape index (κ1) is 22.2. The Morgan fingerprint density at radius 2 is 2.06 bits per heavy atom. The Hall–Kier alpha value is -3.65. The summed E-state index contributed by atoms with van der Waals surface area (Å²) >= 11 is 0. The Morgan fingerprint density at radius 3 is 2.76 bits per heavy atom. The van der Waals surface area contributed by atoms with Crippen LogP contribution in [-0.4, -0.2) is 26.4 Å². The molecule has 5 rings (SSSR count). The van der Waals surface area contributed by atoms with E-state index in [1.54, 1.807) is 43.5 Å². The normalized spacial score (nSPS) is 16.5. The number of rotatable bonds is 2. The molecule has 0 aliphatic carbocycles. The second kappa shape index (κ2) is 7.70. The van der Waals surface area contributed by atoms with Crippen molar-refractivity contribution in [2.75, 3.05) is 0 Å². The molecule has 8 heteroatoms. The Morgan fingerprint density at radius 1 is 1.29 bits per heavy atom. The van der Waals surface area contributed by atoms with Gasteiger partial charge in [0.2, 0.25) is 0 Å². The molecule has 0 saturated carbocycles. The number of carbonyl (C=O) groups is 1. The average Bonchev–Trinajstić information content (AvgIpc) is 3.12. The fourth-order valence-electron chi connectivity index (χ4n) is 4.59. The predicted molar refractivity (Wildman–Crippen MR) is 126 cm³/mol. The summed E-state index contributed by atoms with van der Waals surface area (Å²) in [6.45, 7) is 11.6. The van der Waals surface area contributed by atoms with E-state index in [0.717, 1.165) is 27.7 Å². The van der Waals surface area contributed by atoms with Gasteiger partial charge in [-0.05, 0) is 57.0 Å². The molecule has 1 aromatic carbocycles. The van der Waals surface area contributed by atoms with Crippen molar-refractivity contribution in [3.05, 3.63) is 69.2 Å². The molecule has 1 N–H and O–H groups in total. The quantitative estimate of drug-likeness (QED) is 0.349. The number of hydrogen-bond donors (Lipinski definition) is 1. The number of benzene rings is 1. The van der Waals surface area contributed by atoms with E-state index in [1.807, 2.05) is 13.0 Å². The highest BCUT2D eigenvalue weighted by atomic mass is 16.7. The highest BCUT2D eigenvalue weighted by molar-refractivity contribution is 5.89. The van der Waals surface area contributed by atoms with E-state index in [2.05, 4.69) is 6.58 Å². The number of aliphatic hydroxyl groups is 1. The number of carbonyl (C=O) groups excluding carboxylic acids is 1. The van der Waals surface area contributed by atoms with E-state index in [9.17, 15) is 14.7 Å². The number of aromatic nitrogens is 2. The minimum atomic E-state index is -1.05. The summed E-state index contributed by atoms with van der Waals surface area (Å²) in [7, 11) is 0. The van der Waals surface area contributed by atoms with Gasteiger partial charge in [0, 0.05) is 16.5 Å². The van der Waals surface area contributed by atoms with Gasteiger partial charge in [0.05, 0.1) is 29.0 Å². The first-order chi connectivity index (χ1) is 16.1. The molecule has 1 unspecified atom stereocenters. The molecule has 34 heavy (non-hydrogen) atoms. The lowest BCUT2D eigenvalue weighted by molar-refractivity contribution is 0.0206. The molecule has 8 nitrogen and oxygen atoms in total. The van der Waals surface area contributed by atoms with Gasteiger partial charge < -0.3 is 23.9 Å². The van der Waals surface area contributed by atoms with Crippen LogP contribution in [0.15, 0.2) is 41.4 Å². The molecule has 0 fully saturated rings. The van der Waals surface area contributed by atoms with Gasteiger partial charge in [0.15, 0.2) is 0 Å². The van der Waals surface area contributed by atoms with E-state index in [-0.39, 0.29) is 17.9 Å². The summed E-state index contributed by atoms with van der Waals surface area (Å²) in [6.07, 6.45) is -1.13. The maximum Gasteiger partial charge on any atom is 0.514 e. The zero-order chi connectivity index (χ0) is 24.4. The van der Waals surface area contributed by atoms with Crippen molar-refractivity contribution in [1.29, 1.82) is 0 Å². The van der Waals surface area contributed by atoms with Crippen molar-refractivity contribution in [3.63, 3.8) is 0 Å². The minimum Gasteiger partial charge on any atom is -0.491 e. The third kappa shape index (κ3) is 3.54. The number of fused-ring (bicyclic) bond motifs is 5. The van der Waals surface area contributed by atoms with Crippen LogP contribution in [0.25, 0.3) is 22.3 Å². The van der Waals surface area contributed by atoms with E-state index in [1.165, 1.54) is 0 Å². The van der Waals surface area contributed by atoms with Gasteiger partial charge in [-0.1, -0.05) is 13.5 Å². The molecule has 0 saturated heterocycles. The molecule has 4 heterocycles. The molecule has 0 bridgehead atoms. The molecule has 1 atom stereocenters. The van der Waals surface area contributed by atoms with Crippen molar-refractivity contribution in [3.8, 4) is 17.1 Å². The van der Waals surface area contributed by atoms with Crippen LogP contribution in [0.3, 0.4) is 0 Å². The number of aryl methyl sites for hydroxylation is 1. The molecular weight excluding hydrogens is 436 g/mol. The number of ether oxygens (including phenoxy) is 3. The van der Waals surface area contributed by atoms with Crippen LogP contribution in [0.2, 0.25) is 0 Å². The standard InChI is InChI=1S/C26H26N2O6/c1-6-15-16-9-14(33-25(31)34-26(3,4)5)7-8-20(16)27-22-18(15)11-28-21(22)10-17-19(24(28)30)12-32-13(2)23(17)29/h7-10,23,29H,2,6,11-12H2,1,3-5H3. The smallest absolute Gasteiger partial charge is 0.491 e. The summed E-state index contributed by atoms with van der Waals surface area (Å²) in [5, 5.41) is 11.4. The SMILES string of the molecule is C=C1OCc2c(cc3n(c2=O)Cc2c-3nc3ccc(OC(=O)OC(C)(C)C)cc3c2CC)C1O. The fraction of sp³-hybridized carbons (Fsp3) is 0.346. The van der Waals surface area contributed by atoms with Gasteiger partial charge >= 0.3 is 6.16 Å². The van der Waals surface area contributed by atoms with Crippen molar-refractivity contribution in [2.45, 2.75) is 59.0 Å². The van der Waals surface area contributed by atoms with Crippen molar-refractivity contribution >= 4 is 17.1 Å². The third-order valence-electron chi connectivity index (χ3n) is 6.11. The van der Waals surface area contributed by atoms with Gasteiger partial charge in [-0.2, -0.15) is 0 Å². The molecule has 176 valence electrons. The average molecular weight is 463 g/mol. The van der Waals surface area contributed by atoms with Crippen LogP contribution >= 0.6 is 0 Å². The topological polar surface area (TPSA) is 99.9 Å². The van der Waals surface area contributed by atoms with Crippen molar-refractivity contribution in [2.24, 2.45) is 0 Å². The maximum atomic E-state index is 13.3. The highest BCUT2D eigenvalue weighted by Gasteiger charge is 2.32. The van der Waals surface area contributed by atoms with Crippen molar-refractivity contribution < 1.29 is 24.1 Å². The van der Waals surface area contributed by atoms with E-state index in [4.69, 9.17) is 19.2 Å². The molecule has 2 aromatic heterocycles. The summed E-state index contributed by atoms with van der Waals surface area (Å²) in [6, 6.07) is 7.06. The van der Waals surface area contributed by atoms with Gasteiger partial charge in [0.25, 0.3) is 5.56 Å². The van der Waals surface area contributed by atoms with Crippen LogP contribution in [0, 0.1) is 0 Å². The second-order valence-corrected chi connectivity index (χ2v) is 9.53. The fourth-order valence-corrected chi connectivity index (χ4v) is 4.59. The maximum absolute atomic E-state index is 13.3. The molecular formula is C26H26N2O6. The first-order valence-electron chi connectivity index (χ1n) is 11.2. The Balaban J connectivity index is 1.61. The van der Waals surface area contributed by atoms with E-state index >= 15 is 0 Å². The molecule has 2 aliphatic heterocycles. The summed E-state index contributed by atoms with van der Waals surface area (Å²) in [5.41, 5.74) is 4.17. The number of hydrogen-bond acceptors (Lipinski definition) is 7. The lowest BCUT2D eigenvalue weighted by atomic mass is 9.97. The monoisotopic (exact) mass is 462 g/mol. The molecule has 2 aliphatic rings. The van der Waals surface area contributed by atoms with Crippen LogP contribution in [0.1, 0.15) is 56.1 Å². The second-order valence-electron chi connectivity index (χ2n) is 9.53. The lowest BCUT2D eigenvalue weighted by Gasteiger charge is -2.24. The zero-order valence-corrected chi connectivity index (χ0v) is 19.6. The third-order valence-corrected chi connectivity index (χ3v) is 6.11. The number of aliphatic hydroxyl groups excluding tert-OH is 1. The highest BCUT2D eigenvalue weighted by Crippen LogP contribution is 2.39. The zero-order valence-electron chi connectivity index (χ0n) is 19.6. The van der Waals surface area contributed by atoms with Gasteiger partial charge in [-0.15, -0.1) is 0 Å². The van der Waals surface area contributed by atoms with Crippen LogP contribution in [0.5, 0.6) is 5.75 Å². The van der Waals surface area contributed by atoms with Gasteiger partial charge in [0.1, 0.15) is 29.8 Å². The summed E-state index contributed by atoms with van der Waals surface area (Å²) in [5.74, 6) is 0.591. The predicted octanol–water partition coefficient (Wildman–Crippen LogP) is 4.38. The minimum absolute atomic E-state index is 0.0854. The molecule has 3 aromatic rings. The molecule has 0 amide bonds. The Kier molecular flexibility index (Phi) is 5.02. The van der Waals surface area contributed by atoms with Crippen LogP contribution in [0.4, 0.5) is 4.79 Å². The number of pyridine rings is 2. The van der Waals surface area contributed by atoms with Crippen LogP contribution in [-0.2, 0) is 29.0 Å². The van der Waals surface area contributed by atoms with Crippen molar-refractivity contribution in [1.82, 2.24) is 9.55 Å². The first-order valence-corrected chi connectivity index (χ1v) is 11.2. The summed E-state index contributed by atoms with van der Waals surface area (Å²) < 4.78 is 17.7. The van der Waals surface area contributed by atoms with E-state index < -0.39 is 17.9 Å².